The lowest BCUT2D eigenvalue weighted by molar-refractivity contribution is -0.123. The van der Waals surface area contributed by atoms with Crippen LogP contribution in [0.25, 0.3) is 0 Å². The molecule has 3 nitrogen and oxygen atoms in total. The van der Waals surface area contributed by atoms with Gasteiger partial charge in [-0.15, -0.1) is 0 Å². The van der Waals surface area contributed by atoms with Crippen LogP contribution in [0.15, 0.2) is 18.2 Å². The predicted molar refractivity (Wildman–Crippen MR) is 64.6 cm³/mol. The molecule has 102 valence electrons. The molecule has 0 radical (unpaired) electrons. The average molecular weight is 267 g/mol. The number of hydrogen-bond acceptors (Lipinski definition) is 2. The van der Waals surface area contributed by atoms with E-state index in [9.17, 15) is 13.6 Å². The number of amides is 1. The molecule has 1 amide bonds. The standard InChI is InChI=1S/C14H15F2NO2/c15-12-2-1-8(5-13(12)16)10-6-11(10)14(18)17-9-3-4-19-7-9/h1-2,5,9-11H,3-4,6-7H2,(H,17,18)/t9-,10-,11+/m1/s1. The number of nitrogens with one attached hydrogen (secondary N) is 1. The molecule has 0 unspecified atom stereocenters. The molecule has 5 heteroatoms. The zero-order valence-corrected chi connectivity index (χ0v) is 10.4. The lowest BCUT2D eigenvalue weighted by Gasteiger charge is -2.10. The molecule has 1 saturated carbocycles. The molecule has 19 heavy (non-hydrogen) atoms. The predicted octanol–water partition coefficient (Wildman–Crippen LogP) is 1.97. The maximum Gasteiger partial charge on any atom is 0.224 e. The highest BCUT2D eigenvalue weighted by Crippen LogP contribution is 2.47. The van der Waals surface area contributed by atoms with Gasteiger partial charge in [0.15, 0.2) is 11.6 Å². The second kappa shape index (κ2) is 4.89. The van der Waals surface area contributed by atoms with E-state index in [1.165, 1.54) is 6.07 Å². The maximum atomic E-state index is 13.1. The van der Waals surface area contributed by atoms with Crippen molar-refractivity contribution in [1.29, 1.82) is 0 Å². The van der Waals surface area contributed by atoms with Crippen molar-refractivity contribution in [1.82, 2.24) is 5.32 Å². The molecule has 0 bridgehead atoms. The Morgan fingerprint density at radius 1 is 1.32 bits per heavy atom. The smallest absolute Gasteiger partial charge is 0.224 e. The Balaban J connectivity index is 1.60. The van der Waals surface area contributed by atoms with Gasteiger partial charge >= 0.3 is 0 Å². The van der Waals surface area contributed by atoms with E-state index in [0.717, 1.165) is 12.5 Å². The Hall–Kier alpha value is -1.49. The summed E-state index contributed by atoms with van der Waals surface area (Å²) in [5, 5.41) is 2.93. The summed E-state index contributed by atoms with van der Waals surface area (Å²) in [6.07, 6.45) is 1.54. The second-order valence-electron chi connectivity index (χ2n) is 5.19. The fraction of sp³-hybridized carbons (Fsp3) is 0.500. The van der Waals surface area contributed by atoms with Crippen molar-refractivity contribution in [2.24, 2.45) is 5.92 Å². The maximum absolute atomic E-state index is 13.1. The van der Waals surface area contributed by atoms with E-state index in [0.29, 0.717) is 25.2 Å². The van der Waals surface area contributed by atoms with Gasteiger partial charge in [0.05, 0.1) is 12.6 Å². The fourth-order valence-electron chi connectivity index (χ4n) is 2.55. The van der Waals surface area contributed by atoms with Gasteiger partial charge in [-0.1, -0.05) is 6.07 Å². The summed E-state index contributed by atoms with van der Waals surface area (Å²) < 4.78 is 31.2. The topological polar surface area (TPSA) is 38.3 Å². The first-order valence-electron chi connectivity index (χ1n) is 6.48. The zero-order valence-electron chi connectivity index (χ0n) is 10.4. The monoisotopic (exact) mass is 267 g/mol. The van der Waals surface area contributed by atoms with Gasteiger partial charge in [0.2, 0.25) is 5.91 Å². The van der Waals surface area contributed by atoms with Gasteiger partial charge in [0.1, 0.15) is 0 Å². The molecule has 1 aliphatic heterocycles. The molecule has 1 aromatic carbocycles. The fourth-order valence-corrected chi connectivity index (χ4v) is 2.55. The van der Waals surface area contributed by atoms with Crippen LogP contribution in [-0.4, -0.2) is 25.2 Å². The third-order valence-corrected chi connectivity index (χ3v) is 3.78. The molecule has 2 aliphatic rings. The van der Waals surface area contributed by atoms with Crippen molar-refractivity contribution < 1.29 is 18.3 Å². The minimum Gasteiger partial charge on any atom is -0.379 e. The zero-order chi connectivity index (χ0) is 13.4. The summed E-state index contributed by atoms with van der Waals surface area (Å²) >= 11 is 0. The summed E-state index contributed by atoms with van der Waals surface area (Å²) in [6.45, 7) is 1.25. The van der Waals surface area contributed by atoms with Gasteiger partial charge < -0.3 is 10.1 Å². The number of benzene rings is 1. The molecule has 2 fully saturated rings. The summed E-state index contributed by atoms with van der Waals surface area (Å²) in [6, 6.07) is 3.95. The summed E-state index contributed by atoms with van der Waals surface area (Å²) in [4.78, 5) is 12.0. The first-order valence-corrected chi connectivity index (χ1v) is 6.48. The van der Waals surface area contributed by atoms with Crippen LogP contribution < -0.4 is 5.32 Å². The van der Waals surface area contributed by atoms with Crippen molar-refractivity contribution in [3.63, 3.8) is 0 Å². The van der Waals surface area contributed by atoms with Gasteiger partial charge in [-0.2, -0.15) is 0 Å². The third-order valence-electron chi connectivity index (χ3n) is 3.78. The van der Waals surface area contributed by atoms with Gasteiger partial charge in [-0.3, -0.25) is 4.79 Å². The van der Waals surface area contributed by atoms with E-state index in [1.54, 1.807) is 6.07 Å². The molecular formula is C14H15F2NO2. The molecule has 0 aromatic heterocycles. The summed E-state index contributed by atoms with van der Waals surface area (Å²) in [5.74, 6) is -1.82. The quantitative estimate of drug-likeness (QED) is 0.909. The minimum atomic E-state index is -0.854. The number of rotatable bonds is 3. The summed E-state index contributed by atoms with van der Waals surface area (Å²) in [7, 11) is 0. The Kier molecular flexibility index (Phi) is 3.22. The van der Waals surface area contributed by atoms with E-state index in [2.05, 4.69) is 5.32 Å². The van der Waals surface area contributed by atoms with Crippen molar-refractivity contribution in [2.45, 2.75) is 24.8 Å². The van der Waals surface area contributed by atoms with Crippen molar-refractivity contribution in [3.8, 4) is 0 Å². The van der Waals surface area contributed by atoms with E-state index in [4.69, 9.17) is 4.74 Å². The Morgan fingerprint density at radius 3 is 2.84 bits per heavy atom. The van der Waals surface area contributed by atoms with Crippen LogP contribution in [0.3, 0.4) is 0 Å². The van der Waals surface area contributed by atoms with Crippen LogP contribution in [0.1, 0.15) is 24.3 Å². The van der Waals surface area contributed by atoms with E-state index in [1.807, 2.05) is 0 Å². The molecule has 3 rings (SSSR count). The molecule has 1 heterocycles. The van der Waals surface area contributed by atoms with E-state index in [-0.39, 0.29) is 23.8 Å². The lowest BCUT2D eigenvalue weighted by atomic mass is 10.1. The average Bonchev–Trinajstić information content (AvgIpc) is 3.04. The summed E-state index contributed by atoms with van der Waals surface area (Å²) in [5.41, 5.74) is 0.696. The minimum absolute atomic E-state index is 0.00904. The second-order valence-corrected chi connectivity index (χ2v) is 5.19. The van der Waals surface area contributed by atoms with Crippen LogP contribution in [0.4, 0.5) is 8.78 Å². The highest BCUT2D eigenvalue weighted by atomic mass is 19.2. The van der Waals surface area contributed by atoms with Gasteiger partial charge in [-0.25, -0.2) is 8.78 Å². The molecule has 0 spiro atoms. The van der Waals surface area contributed by atoms with E-state index < -0.39 is 11.6 Å². The van der Waals surface area contributed by atoms with Gasteiger partial charge in [-0.05, 0) is 36.5 Å². The number of halogens is 2. The number of carbonyl (C=O) groups is 1. The van der Waals surface area contributed by atoms with Crippen LogP contribution in [0.2, 0.25) is 0 Å². The third kappa shape index (κ3) is 2.61. The normalized spacial score (nSPS) is 29.3. The van der Waals surface area contributed by atoms with Crippen LogP contribution >= 0.6 is 0 Å². The van der Waals surface area contributed by atoms with Crippen molar-refractivity contribution >= 4 is 5.91 Å². The van der Waals surface area contributed by atoms with Gasteiger partial charge in [0, 0.05) is 12.5 Å². The SMILES string of the molecule is O=C(N[C@@H]1CCOC1)[C@H]1C[C@@H]1c1ccc(F)c(F)c1. The Labute approximate surface area is 109 Å². The number of carbonyl (C=O) groups excluding carboxylic acids is 1. The number of hydrogen-bond donors (Lipinski definition) is 1. The molecule has 3 atom stereocenters. The Morgan fingerprint density at radius 2 is 2.16 bits per heavy atom. The van der Waals surface area contributed by atoms with E-state index >= 15 is 0 Å². The molecule has 1 saturated heterocycles. The lowest BCUT2D eigenvalue weighted by Crippen LogP contribution is -2.36. The highest BCUT2D eigenvalue weighted by molar-refractivity contribution is 5.83. The molecule has 1 aromatic rings. The molecular weight excluding hydrogens is 252 g/mol. The number of ether oxygens (including phenoxy) is 1. The molecule has 1 N–H and O–H groups in total. The Bertz CT molecular complexity index is 500. The van der Waals surface area contributed by atoms with Crippen LogP contribution in [0.5, 0.6) is 0 Å². The van der Waals surface area contributed by atoms with Gasteiger partial charge in [0.25, 0.3) is 0 Å². The largest absolute Gasteiger partial charge is 0.379 e. The molecule has 1 aliphatic carbocycles. The van der Waals surface area contributed by atoms with Crippen molar-refractivity contribution in [3.05, 3.63) is 35.4 Å². The van der Waals surface area contributed by atoms with Crippen molar-refractivity contribution in [2.75, 3.05) is 13.2 Å². The highest BCUT2D eigenvalue weighted by Gasteiger charge is 2.44. The first-order chi connectivity index (χ1) is 9.15. The van der Waals surface area contributed by atoms with Crippen LogP contribution in [-0.2, 0) is 9.53 Å². The van der Waals surface area contributed by atoms with Crippen LogP contribution in [0, 0.1) is 17.6 Å². The first kappa shape index (κ1) is 12.5.